The fraction of sp³-hybridized carbons (Fsp3) is 0.333. The third kappa shape index (κ3) is 3.47. The van der Waals surface area contributed by atoms with Crippen molar-refractivity contribution >= 4 is 41.2 Å². The van der Waals surface area contributed by atoms with Crippen LogP contribution in [0.2, 0.25) is 5.02 Å². The fourth-order valence-electron chi connectivity index (χ4n) is 2.60. The molecule has 1 fully saturated rings. The number of anilines is 3. The summed E-state index contributed by atoms with van der Waals surface area (Å²) >= 11 is 5.81. The first-order chi connectivity index (χ1) is 11.6. The molecular formula is C18H21BClFN2O2. The van der Waals surface area contributed by atoms with E-state index in [1.165, 1.54) is 6.07 Å². The minimum absolute atomic E-state index is 0.312. The van der Waals surface area contributed by atoms with Crippen LogP contribution in [0.15, 0.2) is 36.4 Å². The van der Waals surface area contributed by atoms with Gasteiger partial charge in [-0.1, -0.05) is 11.6 Å². The normalized spacial score (nSPS) is 18.4. The Morgan fingerprint density at radius 3 is 2.20 bits per heavy atom. The molecule has 2 aromatic carbocycles. The van der Waals surface area contributed by atoms with Crippen molar-refractivity contribution < 1.29 is 13.7 Å². The lowest BCUT2D eigenvalue weighted by atomic mass is 9.77. The largest absolute Gasteiger partial charge is 0.497 e. The van der Waals surface area contributed by atoms with Gasteiger partial charge in [-0.25, -0.2) is 4.39 Å². The molecule has 0 amide bonds. The Hall–Kier alpha value is -1.76. The molecule has 0 atom stereocenters. The zero-order valence-corrected chi connectivity index (χ0v) is 15.4. The van der Waals surface area contributed by atoms with Crippen LogP contribution < -0.4 is 16.5 Å². The summed E-state index contributed by atoms with van der Waals surface area (Å²) in [5.74, 6) is -0.441. The molecule has 1 aliphatic heterocycles. The Balaban J connectivity index is 1.97. The third-order valence-corrected chi connectivity index (χ3v) is 5.02. The Kier molecular flexibility index (Phi) is 4.48. The van der Waals surface area contributed by atoms with Gasteiger partial charge >= 0.3 is 7.12 Å². The van der Waals surface area contributed by atoms with Crippen LogP contribution in [-0.4, -0.2) is 18.3 Å². The van der Waals surface area contributed by atoms with Gasteiger partial charge in [0.2, 0.25) is 0 Å². The maximum absolute atomic E-state index is 14.1. The zero-order valence-electron chi connectivity index (χ0n) is 14.7. The first-order valence-corrected chi connectivity index (χ1v) is 8.44. The third-order valence-electron chi connectivity index (χ3n) is 4.78. The number of benzene rings is 2. The van der Waals surface area contributed by atoms with E-state index in [0.29, 0.717) is 27.5 Å². The summed E-state index contributed by atoms with van der Waals surface area (Å²) in [6.07, 6.45) is 0. The number of halogens is 2. The molecule has 0 spiro atoms. The van der Waals surface area contributed by atoms with Gasteiger partial charge in [-0.15, -0.1) is 0 Å². The van der Waals surface area contributed by atoms with Gasteiger partial charge < -0.3 is 20.4 Å². The molecule has 1 heterocycles. The van der Waals surface area contributed by atoms with Crippen LogP contribution in [0.4, 0.5) is 21.5 Å². The summed E-state index contributed by atoms with van der Waals surface area (Å²) in [5.41, 5.74) is 7.25. The van der Waals surface area contributed by atoms with Gasteiger partial charge in [-0.05, 0) is 64.1 Å². The topological polar surface area (TPSA) is 56.5 Å². The number of hydrogen-bond donors (Lipinski definition) is 2. The van der Waals surface area contributed by atoms with E-state index in [1.54, 1.807) is 30.3 Å². The van der Waals surface area contributed by atoms with E-state index >= 15 is 0 Å². The molecule has 1 aliphatic rings. The summed E-state index contributed by atoms with van der Waals surface area (Å²) in [6.45, 7) is 7.91. The minimum Gasteiger partial charge on any atom is -0.399 e. The monoisotopic (exact) mass is 362 g/mol. The first kappa shape index (κ1) is 18.0. The lowest BCUT2D eigenvalue weighted by molar-refractivity contribution is 0.00578. The van der Waals surface area contributed by atoms with Crippen molar-refractivity contribution in [2.45, 2.75) is 38.9 Å². The first-order valence-electron chi connectivity index (χ1n) is 8.06. The van der Waals surface area contributed by atoms with E-state index in [4.69, 9.17) is 26.6 Å². The van der Waals surface area contributed by atoms with Crippen molar-refractivity contribution in [3.8, 4) is 0 Å². The molecule has 3 rings (SSSR count). The molecule has 0 bridgehead atoms. The van der Waals surface area contributed by atoms with E-state index in [1.807, 2.05) is 27.7 Å². The van der Waals surface area contributed by atoms with Crippen molar-refractivity contribution in [1.29, 1.82) is 0 Å². The zero-order chi connectivity index (χ0) is 18.4. The highest BCUT2D eigenvalue weighted by atomic mass is 35.5. The Morgan fingerprint density at radius 2 is 1.60 bits per heavy atom. The van der Waals surface area contributed by atoms with E-state index in [-0.39, 0.29) is 0 Å². The molecule has 0 radical (unpaired) electrons. The van der Waals surface area contributed by atoms with Gasteiger partial charge in [0.1, 0.15) is 5.82 Å². The highest BCUT2D eigenvalue weighted by molar-refractivity contribution is 6.64. The summed E-state index contributed by atoms with van der Waals surface area (Å²) < 4.78 is 26.3. The molecule has 0 saturated carbocycles. The average molecular weight is 363 g/mol. The van der Waals surface area contributed by atoms with Crippen molar-refractivity contribution in [2.75, 3.05) is 11.1 Å². The van der Waals surface area contributed by atoms with E-state index in [9.17, 15) is 4.39 Å². The van der Waals surface area contributed by atoms with Crippen molar-refractivity contribution in [3.05, 3.63) is 47.2 Å². The highest BCUT2D eigenvalue weighted by Gasteiger charge is 2.52. The quantitative estimate of drug-likeness (QED) is 0.637. The molecule has 132 valence electrons. The van der Waals surface area contributed by atoms with Crippen LogP contribution in [0.25, 0.3) is 0 Å². The lowest BCUT2D eigenvalue weighted by Gasteiger charge is -2.32. The summed E-state index contributed by atoms with van der Waals surface area (Å²) in [7, 11) is -0.605. The van der Waals surface area contributed by atoms with Crippen LogP contribution in [0.5, 0.6) is 0 Å². The molecule has 2 aromatic rings. The van der Waals surface area contributed by atoms with E-state index < -0.39 is 24.1 Å². The number of nitrogens with two attached hydrogens (primary N) is 1. The van der Waals surface area contributed by atoms with Crippen molar-refractivity contribution in [3.63, 3.8) is 0 Å². The van der Waals surface area contributed by atoms with Crippen LogP contribution in [0.1, 0.15) is 27.7 Å². The predicted octanol–water partition coefficient (Wildman–Crippen LogP) is 4.10. The number of hydrogen-bond acceptors (Lipinski definition) is 4. The standard InChI is InChI=1S/C18H21BClFN2O2/c1-17(2)18(3,4)25-19(24-17)13-10-12(22)6-8-15(13)23-16-7-5-11(20)9-14(16)21/h5-10,23H,22H2,1-4H3. The SMILES string of the molecule is CC1(C)OB(c2cc(N)ccc2Nc2ccc(Cl)cc2F)OC1(C)C. The van der Waals surface area contributed by atoms with Gasteiger partial charge in [0, 0.05) is 21.9 Å². The molecule has 0 aliphatic carbocycles. The Morgan fingerprint density at radius 1 is 1.00 bits per heavy atom. The molecule has 4 nitrogen and oxygen atoms in total. The second-order valence-electron chi connectivity index (χ2n) is 7.18. The molecular weight excluding hydrogens is 341 g/mol. The molecule has 25 heavy (non-hydrogen) atoms. The maximum atomic E-state index is 14.1. The Bertz CT molecular complexity index is 798. The van der Waals surface area contributed by atoms with Gasteiger partial charge in [-0.3, -0.25) is 0 Å². The van der Waals surface area contributed by atoms with Gasteiger partial charge in [0.25, 0.3) is 0 Å². The maximum Gasteiger partial charge on any atom is 0.497 e. The van der Waals surface area contributed by atoms with Crippen LogP contribution in [-0.2, 0) is 9.31 Å². The molecule has 3 N–H and O–H groups in total. The molecule has 0 unspecified atom stereocenters. The number of nitrogens with one attached hydrogen (secondary N) is 1. The fourth-order valence-corrected chi connectivity index (χ4v) is 2.75. The molecule has 1 saturated heterocycles. The van der Waals surface area contributed by atoms with Crippen LogP contribution in [0.3, 0.4) is 0 Å². The summed E-state index contributed by atoms with van der Waals surface area (Å²) in [4.78, 5) is 0. The lowest BCUT2D eigenvalue weighted by Crippen LogP contribution is -2.41. The minimum atomic E-state index is -0.605. The molecule has 0 aromatic heterocycles. The van der Waals surface area contributed by atoms with E-state index in [0.717, 1.165) is 0 Å². The Labute approximate surface area is 152 Å². The van der Waals surface area contributed by atoms with Gasteiger partial charge in [0.05, 0.1) is 16.9 Å². The summed E-state index contributed by atoms with van der Waals surface area (Å²) in [6, 6.07) is 9.77. The van der Waals surface area contributed by atoms with Crippen molar-refractivity contribution in [2.24, 2.45) is 0 Å². The number of rotatable bonds is 3. The molecule has 7 heteroatoms. The smallest absolute Gasteiger partial charge is 0.399 e. The predicted molar refractivity (Wildman–Crippen MR) is 101 cm³/mol. The second kappa shape index (κ2) is 6.20. The van der Waals surface area contributed by atoms with Gasteiger partial charge in [0.15, 0.2) is 0 Å². The van der Waals surface area contributed by atoms with Gasteiger partial charge in [-0.2, -0.15) is 0 Å². The second-order valence-corrected chi connectivity index (χ2v) is 7.62. The average Bonchev–Trinajstić information content (AvgIpc) is 2.72. The highest BCUT2D eigenvalue weighted by Crippen LogP contribution is 2.37. The van der Waals surface area contributed by atoms with E-state index in [2.05, 4.69) is 5.32 Å². The van der Waals surface area contributed by atoms with Crippen LogP contribution in [0, 0.1) is 5.82 Å². The number of nitrogen functional groups attached to an aromatic ring is 1. The van der Waals surface area contributed by atoms with Crippen molar-refractivity contribution in [1.82, 2.24) is 0 Å². The van der Waals surface area contributed by atoms with Crippen LogP contribution >= 0.6 is 11.6 Å². The summed E-state index contributed by atoms with van der Waals surface area (Å²) in [5, 5.41) is 3.42.